The van der Waals surface area contributed by atoms with Crippen LogP contribution in [0.2, 0.25) is 0 Å². The van der Waals surface area contributed by atoms with E-state index in [-0.39, 0.29) is 11.8 Å². The molecule has 1 aromatic carbocycles. The van der Waals surface area contributed by atoms with E-state index in [1.165, 1.54) is 0 Å². The predicted octanol–water partition coefficient (Wildman–Crippen LogP) is 1.46. The van der Waals surface area contributed by atoms with Crippen molar-refractivity contribution >= 4 is 17.6 Å². The number of nitrogens with one attached hydrogen (secondary N) is 3. The molecule has 1 unspecified atom stereocenters. The fraction of sp³-hybridized carbons (Fsp3) is 0.333. The number of para-hydroxylation sites is 1. The Morgan fingerprint density at radius 3 is 3.00 bits per heavy atom. The van der Waals surface area contributed by atoms with E-state index >= 15 is 0 Å². The highest BCUT2D eigenvalue weighted by Crippen LogP contribution is 2.33. The van der Waals surface area contributed by atoms with Gasteiger partial charge in [-0.1, -0.05) is 24.3 Å². The number of rotatable bonds is 5. The third-order valence-corrected chi connectivity index (χ3v) is 3.27. The molecule has 2 rings (SSSR count). The average Bonchev–Trinajstić information content (AvgIpc) is 2.78. The SMILES string of the molecule is C=CCNC(=NC)NCCC1C(=O)Nc2ccccc21. The average molecular weight is 272 g/mol. The number of fused-ring (bicyclic) bond motifs is 1. The maximum absolute atomic E-state index is 12.0. The van der Waals surface area contributed by atoms with Gasteiger partial charge in [-0.3, -0.25) is 9.79 Å². The number of benzene rings is 1. The Morgan fingerprint density at radius 1 is 1.45 bits per heavy atom. The van der Waals surface area contributed by atoms with Crippen LogP contribution in [0.15, 0.2) is 41.9 Å². The molecule has 0 aliphatic carbocycles. The molecular formula is C15H20N4O. The van der Waals surface area contributed by atoms with Crippen molar-refractivity contribution in [3.8, 4) is 0 Å². The van der Waals surface area contributed by atoms with Crippen molar-refractivity contribution in [3.63, 3.8) is 0 Å². The van der Waals surface area contributed by atoms with Crippen LogP contribution in [0.1, 0.15) is 17.9 Å². The fourth-order valence-corrected chi connectivity index (χ4v) is 2.29. The van der Waals surface area contributed by atoms with E-state index in [1.54, 1.807) is 13.1 Å². The first kappa shape index (κ1) is 14.1. The number of amides is 1. The molecule has 1 aliphatic rings. The summed E-state index contributed by atoms with van der Waals surface area (Å²) < 4.78 is 0. The van der Waals surface area contributed by atoms with E-state index in [4.69, 9.17) is 0 Å². The molecule has 1 amide bonds. The predicted molar refractivity (Wildman–Crippen MR) is 82.0 cm³/mol. The topological polar surface area (TPSA) is 65.5 Å². The number of aliphatic imine (C=N–C) groups is 1. The summed E-state index contributed by atoms with van der Waals surface area (Å²) in [6, 6.07) is 7.83. The summed E-state index contributed by atoms with van der Waals surface area (Å²) in [6.07, 6.45) is 2.51. The second kappa shape index (κ2) is 6.75. The summed E-state index contributed by atoms with van der Waals surface area (Å²) in [5, 5.41) is 9.20. The zero-order valence-electron chi connectivity index (χ0n) is 11.6. The van der Waals surface area contributed by atoms with Crippen molar-refractivity contribution < 1.29 is 4.79 Å². The minimum absolute atomic E-state index is 0.0713. The van der Waals surface area contributed by atoms with Crippen molar-refractivity contribution in [2.45, 2.75) is 12.3 Å². The van der Waals surface area contributed by atoms with E-state index in [9.17, 15) is 4.79 Å². The Labute approximate surface area is 119 Å². The van der Waals surface area contributed by atoms with Crippen molar-refractivity contribution in [1.29, 1.82) is 0 Å². The smallest absolute Gasteiger partial charge is 0.232 e. The number of hydrogen-bond acceptors (Lipinski definition) is 2. The minimum Gasteiger partial charge on any atom is -0.356 e. The normalized spacial score (nSPS) is 17.4. The van der Waals surface area contributed by atoms with Gasteiger partial charge in [0.2, 0.25) is 5.91 Å². The first-order valence-corrected chi connectivity index (χ1v) is 6.71. The second-order valence-electron chi connectivity index (χ2n) is 4.59. The number of nitrogens with zero attached hydrogens (tertiary/aromatic N) is 1. The summed E-state index contributed by atoms with van der Waals surface area (Å²) >= 11 is 0. The molecule has 0 radical (unpaired) electrons. The van der Waals surface area contributed by atoms with Gasteiger partial charge >= 0.3 is 0 Å². The number of anilines is 1. The lowest BCUT2D eigenvalue weighted by Crippen LogP contribution is -2.38. The van der Waals surface area contributed by atoms with Gasteiger partial charge in [-0.05, 0) is 18.1 Å². The van der Waals surface area contributed by atoms with Gasteiger partial charge in [0.25, 0.3) is 0 Å². The Balaban J connectivity index is 1.88. The lowest BCUT2D eigenvalue weighted by atomic mass is 9.97. The van der Waals surface area contributed by atoms with Crippen LogP contribution in [-0.2, 0) is 4.79 Å². The molecule has 1 aliphatic heterocycles. The molecule has 0 saturated carbocycles. The van der Waals surface area contributed by atoms with Gasteiger partial charge in [-0.25, -0.2) is 0 Å². The largest absolute Gasteiger partial charge is 0.356 e. The van der Waals surface area contributed by atoms with E-state index in [0.29, 0.717) is 13.1 Å². The van der Waals surface area contributed by atoms with Gasteiger partial charge in [0.05, 0.1) is 5.92 Å². The maximum atomic E-state index is 12.0. The summed E-state index contributed by atoms with van der Waals surface area (Å²) in [5.41, 5.74) is 2.00. The summed E-state index contributed by atoms with van der Waals surface area (Å²) in [5.74, 6) is 0.704. The third kappa shape index (κ3) is 3.17. The summed E-state index contributed by atoms with van der Waals surface area (Å²) in [6.45, 7) is 4.99. The molecule has 0 bridgehead atoms. The van der Waals surface area contributed by atoms with Crippen LogP contribution in [0.3, 0.4) is 0 Å². The van der Waals surface area contributed by atoms with Crippen molar-refractivity contribution in [3.05, 3.63) is 42.5 Å². The highest BCUT2D eigenvalue weighted by atomic mass is 16.2. The van der Waals surface area contributed by atoms with Crippen molar-refractivity contribution in [1.82, 2.24) is 10.6 Å². The quantitative estimate of drug-likeness (QED) is 0.432. The molecule has 3 N–H and O–H groups in total. The molecule has 5 nitrogen and oxygen atoms in total. The second-order valence-corrected chi connectivity index (χ2v) is 4.59. The number of hydrogen-bond donors (Lipinski definition) is 3. The Bertz CT molecular complexity index is 524. The van der Waals surface area contributed by atoms with Gasteiger partial charge in [-0.2, -0.15) is 0 Å². The van der Waals surface area contributed by atoms with Crippen LogP contribution in [0, 0.1) is 0 Å². The molecule has 0 fully saturated rings. The Kier molecular flexibility index (Phi) is 4.76. The Hall–Kier alpha value is -2.30. The molecule has 0 spiro atoms. The van der Waals surface area contributed by atoms with Crippen LogP contribution in [0.4, 0.5) is 5.69 Å². The van der Waals surface area contributed by atoms with E-state index in [1.807, 2.05) is 24.3 Å². The van der Waals surface area contributed by atoms with Crippen molar-refractivity contribution in [2.75, 3.05) is 25.5 Å². The number of carbonyl (C=O) groups excluding carboxylic acids is 1. The molecule has 1 heterocycles. The third-order valence-electron chi connectivity index (χ3n) is 3.27. The zero-order chi connectivity index (χ0) is 14.4. The lowest BCUT2D eigenvalue weighted by molar-refractivity contribution is -0.117. The van der Waals surface area contributed by atoms with Gasteiger partial charge in [0.15, 0.2) is 5.96 Å². The van der Waals surface area contributed by atoms with E-state index < -0.39 is 0 Å². The molecule has 20 heavy (non-hydrogen) atoms. The standard InChI is InChI=1S/C15H20N4O/c1-3-9-17-15(16-2)18-10-8-12-11-6-4-5-7-13(11)19-14(12)20/h3-7,12H,1,8-10H2,2H3,(H,19,20)(H2,16,17,18). The first-order chi connectivity index (χ1) is 9.76. The van der Waals surface area contributed by atoms with Gasteiger partial charge in [0, 0.05) is 25.8 Å². The van der Waals surface area contributed by atoms with Gasteiger partial charge in [0.1, 0.15) is 0 Å². The van der Waals surface area contributed by atoms with Crippen LogP contribution < -0.4 is 16.0 Å². The number of carbonyl (C=O) groups is 1. The molecule has 5 heteroatoms. The van der Waals surface area contributed by atoms with Crippen molar-refractivity contribution in [2.24, 2.45) is 4.99 Å². The zero-order valence-corrected chi connectivity index (χ0v) is 11.6. The van der Waals surface area contributed by atoms with Crippen LogP contribution >= 0.6 is 0 Å². The molecule has 106 valence electrons. The minimum atomic E-state index is -0.0868. The molecule has 1 atom stereocenters. The highest BCUT2D eigenvalue weighted by molar-refractivity contribution is 6.02. The van der Waals surface area contributed by atoms with Gasteiger partial charge < -0.3 is 16.0 Å². The van der Waals surface area contributed by atoms with E-state index in [0.717, 1.165) is 23.6 Å². The molecule has 0 aromatic heterocycles. The summed E-state index contributed by atoms with van der Waals surface area (Å²) in [4.78, 5) is 16.0. The summed E-state index contributed by atoms with van der Waals surface area (Å²) in [7, 11) is 1.72. The Morgan fingerprint density at radius 2 is 2.25 bits per heavy atom. The highest BCUT2D eigenvalue weighted by Gasteiger charge is 2.29. The van der Waals surface area contributed by atoms with Crippen LogP contribution in [0.25, 0.3) is 0 Å². The van der Waals surface area contributed by atoms with Gasteiger partial charge in [-0.15, -0.1) is 6.58 Å². The van der Waals surface area contributed by atoms with Crippen LogP contribution in [-0.4, -0.2) is 32.0 Å². The monoisotopic (exact) mass is 272 g/mol. The first-order valence-electron chi connectivity index (χ1n) is 6.71. The fourth-order valence-electron chi connectivity index (χ4n) is 2.29. The molecule has 0 saturated heterocycles. The van der Waals surface area contributed by atoms with Crippen LogP contribution in [0.5, 0.6) is 0 Å². The maximum Gasteiger partial charge on any atom is 0.232 e. The van der Waals surface area contributed by atoms with E-state index in [2.05, 4.69) is 27.5 Å². The number of guanidine groups is 1. The molecule has 1 aromatic rings. The lowest BCUT2D eigenvalue weighted by Gasteiger charge is -2.12. The molecular weight excluding hydrogens is 252 g/mol.